The summed E-state index contributed by atoms with van der Waals surface area (Å²) in [5, 5.41) is 21.0. The van der Waals surface area contributed by atoms with Gasteiger partial charge in [0.2, 0.25) is 0 Å². The van der Waals surface area contributed by atoms with E-state index in [0.717, 1.165) is 0 Å². The van der Waals surface area contributed by atoms with Gasteiger partial charge >= 0.3 is 12.0 Å². The molecule has 0 saturated carbocycles. The van der Waals surface area contributed by atoms with Crippen molar-refractivity contribution >= 4 is 27.8 Å². The normalized spacial score (nSPS) is 13.9. The molecule has 2 aromatic rings. The van der Waals surface area contributed by atoms with Gasteiger partial charge in [0.15, 0.2) is 0 Å². The molecule has 0 atom stereocenters. The van der Waals surface area contributed by atoms with Gasteiger partial charge in [-0.15, -0.1) is 0 Å². The molecule has 1 fully saturated rings. The highest BCUT2D eigenvalue weighted by Crippen LogP contribution is 2.25. The molecule has 0 bridgehead atoms. The molecule has 1 aliphatic rings. The van der Waals surface area contributed by atoms with Gasteiger partial charge < -0.3 is 15.3 Å². The second-order valence-corrected chi connectivity index (χ2v) is 8.09. The average molecular weight is 415 g/mol. The molecule has 1 aromatic carbocycles. The Bertz CT molecular complexity index is 1110. The predicted molar refractivity (Wildman–Crippen MR) is 102 cm³/mol. The number of amides is 2. The largest absolute Gasteiger partial charge is 0.478 e. The van der Waals surface area contributed by atoms with Crippen LogP contribution < -0.4 is 14.9 Å². The third-order valence-corrected chi connectivity index (χ3v) is 5.69. The number of nitrogens with zero attached hydrogens (tertiary/aromatic N) is 3. The summed E-state index contributed by atoms with van der Waals surface area (Å²) in [6.45, 7) is 2.13. The van der Waals surface area contributed by atoms with Crippen LogP contribution in [-0.2, 0) is 10.0 Å². The van der Waals surface area contributed by atoms with Gasteiger partial charge in [0.05, 0.1) is 27.8 Å². The number of carbonyl (C=O) groups excluding carboxylic acids is 1. The molecule has 1 aromatic heterocycles. The maximum absolute atomic E-state index is 12.1. The van der Waals surface area contributed by atoms with E-state index in [-0.39, 0.29) is 27.8 Å². The molecule has 0 radical (unpaired) electrons. The number of aryl methyl sites for hydroxylation is 1. The average Bonchev–Trinajstić information content (AvgIpc) is 2.64. The van der Waals surface area contributed by atoms with Crippen LogP contribution in [0.1, 0.15) is 21.6 Å². The summed E-state index contributed by atoms with van der Waals surface area (Å²) >= 11 is 0. The van der Waals surface area contributed by atoms with E-state index < -0.39 is 22.0 Å². The molecule has 1 aliphatic heterocycles. The smallest absolute Gasteiger partial charge is 0.337 e. The van der Waals surface area contributed by atoms with Crippen LogP contribution in [0.2, 0.25) is 0 Å². The van der Waals surface area contributed by atoms with Crippen molar-refractivity contribution < 1.29 is 23.1 Å². The number of sulfonamides is 1. The number of carboxylic acids is 1. The Labute approximate surface area is 166 Å². The number of urea groups is 1. The van der Waals surface area contributed by atoms with Gasteiger partial charge in [0.25, 0.3) is 10.0 Å². The maximum atomic E-state index is 12.1. The number of rotatable bonds is 5. The molecule has 2 heterocycles. The second kappa shape index (κ2) is 7.76. The molecule has 10 nitrogen and oxygen atoms in total. The number of carbonyl (C=O) groups is 2. The monoisotopic (exact) mass is 415 g/mol. The SMILES string of the molecule is Cc1nc(N2CC(NC(=O)NS(=O)(=O)c3ccccc3)C2)c(C#N)cc1C(=O)O. The molecule has 3 rings (SSSR count). The van der Waals surface area contributed by atoms with E-state index in [1.165, 1.54) is 25.1 Å². The summed E-state index contributed by atoms with van der Waals surface area (Å²) in [5.74, 6) is -0.845. The molecule has 150 valence electrons. The van der Waals surface area contributed by atoms with Crippen molar-refractivity contribution in [2.75, 3.05) is 18.0 Å². The molecule has 2 amide bonds. The lowest BCUT2D eigenvalue weighted by Crippen LogP contribution is -2.61. The third-order valence-electron chi connectivity index (χ3n) is 4.34. The Morgan fingerprint density at radius 3 is 2.52 bits per heavy atom. The van der Waals surface area contributed by atoms with Crippen LogP contribution >= 0.6 is 0 Å². The van der Waals surface area contributed by atoms with E-state index in [0.29, 0.717) is 18.9 Å². The number of anilines is 1. The Balaban J connectivity index is 1.62. The van der Waals surface area contributed by atoms with Crippen LogP contribution in [-0.4, -0.2) is 49.6 Å². The van der Waals surface area contributed by atoms with Crippen molar-refractivity contribution in [3.8, 4) is 6.07 Å². The molecule has 0 spiro atoms. The number of nitriles is 1. The third kappa shape index (κ3) is 4.27. The van der Waals surface area contributed by atoms with Crippen LogP contribution in [0.5, 0.6) is 0 Å². The minimum absolute atomic E-state index is 0.0257. The van der Waals surface area contributed by atoms with Crippen molar-refractivity contribution in [3.63, 3.8) is 0 Å². The fraction of sp³-hybridized carbons (Fsp3) is 0.222. The molecule has 0 unspecified atom stereocenters. The number of aromatic nitrogens is 1. The van der Waals surface area contributed by atoms with Crippen molar-refractivity contribution in [2.45, 2.75) is 17.9 Å². The van der Waals surface area contributed by atoms with Gasteiger partial charge in [0.1, 0.15) is 11.9 Å². The highest BCUT2D eigenvalue weighted by atomic mass is 32.2. The lowest BCUT2D eigenvalue weighted by molar-refractivity contribution is 0.0695. The van der Waals surface area contributed by atoms with Crippen molar-refractivity contribution in [2.24, 2.45) is 0 Å². The lowest BCUT2D eigenvalue weighted by Gasteiger charge is -2.40. The summed E-state index contributed by atoms with van der Waals surface area (Å²) in [7, 11) is -3.97. The Kier molecular flexibility index (Phi) is 5.38. The lowest BCUT2D eigenvalue weighted by atomic mass is 10.1. The molecule has 29 heavy (non-hydrogen) atoms. The van der Waals surface area contributed by atoms with Gasteiger partial charge in [-0.25, -0.2) is 27.7 Å². The summed E-state index contributed by atoms with van der Waals surface area (Å²) in [4.78, 5) is 29.1. The van der Waals surface area contributed by atoms with Crippen molar-refractivity contribution in [1.82, 2.24) is 15.0 Å². The number of benzene rings is 1. The minimum atomic E-state index is -3.97. The van der Waals surface area contributed by atoms with Crippen molar-refractivity contribution in [1.29, 1.82) is 5.26 Å². The Morgan fingerprint density at radius 1 is 1.28 bits per heavy atom. The quantitative estimate of drug-likeness (QED) is 0.649. The molecule has 0 aliphatic carbocycles. The van der Waals surface area contributed by atoms with Crippen LogP contribution in [0.4, 0.5) is 10.6 Å². The van der Waals surface area contributed by atoms with E-state index in [1.807, 2.05) is 10.8 Å². The zero-order valence-corrected chi connectivity index (χ0v) is 16.1. The maximum Gasteiger partial charge on any atom is 0.337 e. The number of hydrogen-bond acceptors (Lipinski definition) is 7. The summed E-state index contributed by atoms with van der Waals surface area (Å²) < 4.78 is 26.2. The molecule has 1 saturated heterocycles. The number of pyridine rings is 1. The predicted octanol–water partition coefficient (Wildman–Crippen LogP) is 0.837. The molecular formula is C18H17N5O5S. The van der Waals surface area contributed by atoms with Crippen LogP contribution in [0.25, 0.3) is 0 Å². The fourth-order valence-electron chi connectivity index (χ4n) is 2.87. The minimum Gasteiger partial charge on any atom is -0.478 e. The summed E-state index contributed by atoms with van der Waals surface area (Å²) in [6.07, 6.45) is 0. The van der Waals surface area contributed by atoms with Gasteiger partial charge in [-0.1, -0.05) is 18.2 Å². The first-order valence-electron chi connectivity index (χ1n) is 8.49. The first kappa shape index (κ1) is 20.1. The Morgan fingerprint density at radius 2 is 1.93 bits per heavy atom. The number of hydrogen-bond donors (Lipinski definition) is 3. The zero-order valence-electron chi connectivity index (χ0n) is 15.3. The van der Waals surface area contributed by atoms with Crippen LogP contribution in [0.3, 0.4) is 0 Å². The van der Waals surface area contributed by atoms with Gasteiger partial charge in [-0.05, 0) is 25.1 Å². The second-order valence-electron chi connectivity index (χ2n) is 6.40. The van der Waals surface area contributed by atoms with E-state index in [1.54, 1.807) is 23.1 Å². The first-order chi connectivity index (χ1) is 13.7. The molecule has 3 N–H and O–H groups in total. The van der Waals surface area contributed by atoms with Gasteiger partial charge in [0, 0.05) is 13.1 Å². The van der Waals surface area contributed by atoms with Crippen LogP contribution in [0.15, 0.2) is 41.3 Å². The van der Waals surface area contributed by atoms with E-state index >= 15 is 0 Å². The Hall–Kier alpha value is -3.65. The molecule has 11 heteroatoms. The fourth-order valence-corrected chi connectivity index (χ4v) is 3.81. The molecular weight excluding hydrogens is 398 g/mol. The summed E-state index contributed by atoms with van der Waals surface area (Å²) in [6, 6.07) is 9.49. The highest BCUT2D eigenvalue weighted by Gasteiger charge is 2.32. The standard InChI is InChI=1S/C18H17N5O5S/c1-11-15(17(24)25)7-12(8-19)16(20-11)23-9-13(10-23)21-18(26)22-29(27,28)14-5-3-2-4-6-14/h2-7,13H,9-10H2,1H3,(H,24,25)(H2,21,22,26). The topological polar surface area (TPSA) is 152 Å². The number of carboxylic acid groups (broad SMARTS) is 1. The first-order valence-corrected chi connectivity index (χ1v) is 9.98. The number of nitrogens with one attached hydrogen (secondary N) is 2. The highest BCUT2D eigenvalue weighted by molar-refractivity contribution is 7.90. The van der Waals surface area contributed by atoms with E-state index in [4.69, 9.17) is 5.11 Å². The zero-order chi connectivity index (χ0) is 21.2. The summed E-state index contributed by atoms with van der Waals surface area (Å²) in [5.41, 5.74) is 0.336. The van der Waals surface area contributed by atoms with E-state index in [2.05, 4.69) is 10.3 Å². The number of aromatic carboxylic acids is 1. The van der Waals surface area contributed by atoms with Gasteiger partial charge in [-0.2, -0.15) is 5.26 Å². The van der Waals surface area contributed by atoms with Crippen molar-refractivity contribution in [3.05, 3.63) is 53.2 Å². The van der Waals surface area contributed by atoms with E-state index in [9.17, 15) is 23.3 Å². The van der Waals surface area contributed by atoms with Gasteiger partial charge in [-0.3, -0.25) is 0 Å². The van der Waals surface area contributed by atoms with Crippen LogP contribution in [0, 0.1) is 18.3 Å².